The van der Waals surface area contributed by atoms with Crippen molar-refractivity contribution >= 4 is 17.7 Å². The van der Waals surface area contributed by atoms with Crippen molar-refractivity contribution in [1.82, 2.24) is 15.1 Å². The number of hydrogen-bond acceptors (Lipinski definition) is 6. The van der Waals surface area contributed by atoms with E-state index in [0.717, 1.165) is 25.9 Å². The normalized spacial score (nSPS) is 17.3. The lowest BCUT2D eigenvalue weighted by Crippen LogP contribution is -2.50. The van der Waals surface area contributed by atoms with Gasteiger partial charge in [0.25, 0.3) is 0 Å². The van der Waals surface area contributed by atoms with Crippen molar-refractivity contribution < 1.29 is 19.1 Å². The molecule has 1 aromatic carbocycles. The highest BCUT2D eigenvalue weighted by atomic mass is 16.5. The first kappa shape index (κ1) is 21.5. The number of nitrogens with zero attached hydrogens (tertiary/aromatic N) is 2. The van der Waals surface area contributed by atoms with Gasteiger partial charge in [-0.1, -0.05) is 12.1 Å². The molecule has 1 aromatic rings. The third kappa shape index (κ3) is 6.11. The molecular weight excluding hydrogens is 370 g/mol. The zero-order valence-corrected chi connectivity index (χ0v) is 17.2. The second-order valence-corrected chi connectivity index (χ2v) is 7.62. The summed E-state index contributed by atoms with van der Waals surface area (Å²) in [7, 11) is 0. The highest BCUT2D eigenvalue weighted by Crippen LogP contribution is 2.17. The van der Waals surface area contributed by atoms with Gasteiger partial charge in [-0.15, -0.1) is 0 Å². The zero-order chi connectivity index (χ0) is 20.6. The number of ether oxygens (including phenoxy) is 1. The molecule has 0 bridgehead atoms. The number of hydrogen-bond donors (Lipinski definition) is 1. The number of amides is 1. The summed E-state index contributed by atoms with van der Waals surface area (Å²) in [6, 6.07) is 5.95. The highest BCUT2D eigenvalue weighted by molar-refractivity contribution is 5.98. The Kier molecular flexibility index (Phi) is 7.77. The molecule has 7 nitrogen and oxygen atoms in total. The molecule has 2 aliphatic rings. The molecule has 1 N–H and O–H groups in total. The minimum absolute atomic E-state index is 0.00750. The van der Waals surface area contributed by atoms with Gasteiger partial charge in [-0.25, -0.2) is 0 Å². The first-order chi connectivity index (χ1) is 14.1. The van der Waals surface area contributed by atoms with Crippen LogP contribution in [0.4, 0.5) is 0 Å². The number of piperazine rings is 1. The van der Waals surface area contributed by atoms with E-state index in [-0.39, 0.29) is 37.0 Å². The summed E-state index contributed by atoms with van der Waals surface area (Å²) in [6.45, 7) is 6.81. The summed E-state index contributed by atoms with van der Waals surface area (Å²) in [5, 5.41) is 3.37. The number of ketones is 1. The molecule has 1 saturated heterocycles. The van der Waals surface area contributed by atoms with E-state index in [1.54, 1.807) is 11.8 Å². The van der Waals surface area contributed by atoms with Crippen LogP contribution < -0.4 is 5.32 Å². The third-order valence-corrected chi connectivity index (χ3v) is 5.62. The van der Waals surface area contributed by atoms with Crippen molar-refractivity contribution in [2.45, 2.75) is 32.6 Å². The second kappa shape index (κ2) is 10.5. The van der Waals surface area contributed by atoms with Crippen molar-refractivity contribution in [2.24, 2.45) is 0 Å². The van der Waals surface area contributed by atoms with Crippen LogP contribution in [0.2, 0.25) is 0 Å². The smallest absolute Gasteiger partial charge is 0.320 e. The van der Waals surface area contributed by atoms with Gasteiger partial charge < -0.3 is 15.0 Å². The Balaban J connectivity index is 1.44. The number of Topliss-reactive ketones (excluding diaryl/α,β-unsaturated/α-hetero) is 1. The third-order valence-electron chi connectivity index (χ3n) is 5.62. The first-order valence-electron chi connectivity index (χ1n) is 10.6. The van der Waals surface area contributed by atoms with Gasteiger partial charge in [0.05, 0.1) is 13.2 Å². The Bertz CT molecular complexity index is 742. The van der Waals surface area contributed by atoms with Crippen molar-refractivity contribution in [1.29, 1.82) is 0 Å². The van der Waals surface area contributed by atoms with Gasteiger partial charge >= 0.3 is 5.97 Å². The summed E-state index contributed by atoms with van der Waals surface area (Å²) in [5.74, 6) is -0.193. The average Bonchev–Trinajstić information content (AvgIpc) is 2.97. The maximum absolute atomic E-state index is 12.6. The topological polar surface area (TPSA) is 79.0 Å². The molecule has 1 fully saturated rings. The Morgan fingerprint density at radius 3 is 2.45 bits per heavy atom. The van der Waals surface area contributed by atoms with Crippen molar-refractivity contribution in [2.75, 3.05) is 52.4 Å². The number of rotatable bonds is 7. The molecule has 0 spiro atoms. The average molecular weight is 402 g/mol. The molecule has 0 saturated carbocycles. The second-order valence-electron chi connectivity index (χ2n) is 7.62. The number of carbonyl (C=O) groups excluding carboxylic acids is 3. The molecule has 0 unspecified atom stereocenters. The van der Waals surface area contributed by atoms with E-state index in [1.807, 2.05) is 17.0 Å². The van der Waals surface area contributed by atoms with Gasteiger partial charge in [0.15, 0.2) is 5.78 Å². The number of fused-ring (bicyclic) bond motifs is 1. The monoisotopic (exact) mass is 401 g/mol. The van der Waals surface area contributed by atoms with Gasteiger partial charge in [-0.3, -0.25) is 19.3 Å². The van der Waals surface area contributed by atoms with Gasteiger partial charge in [-0.05, 0) is 50.0 Å². The molecule has 0 atom stereocenters. The minimum atomic E-state index is -0.227. The van der Waals surface area contributed by atoms with E-state index < -0.39 is 0 Å². The van der Waals surface area contributed by atoms with Crippen LogP contribution >= 0.6 is 0 Å². The van der Waals surface area contributed by atoms with E-state index in [4.69, 9.17) is 4.74 Å². The first-order valence-corrected chi connectivity index (χ1v) is 10.6. The molecule has 0 aromatic heterocycles. The maximum Gasteiger partial charge on any atom is 0.320 e. The predicted molar refractivity (Wildman–Crippen MR) is 110 cm³/mol. The van der Waals surface area contributed by atoms with Gasteiger partial charge in [0, 0.05) is 44.6 Å². The van der Waals surface area contributed by atoms with Crippen molar-refractivity contribution in [3.63, 3.8) is 0 Å². The zero-order valence-electron chi connectivity index (χ0n) is 17.2. The highest BCUT2D eigenvalue weighted by Gasteiger charge is 2.23. The summed E-state index contributed by atoms with van der Waals surface area (Å²) < 4.78 is 4.97. The van der Waals surface area contributed by atoms with Crippen molar-refractivity contribution in [3.05, 3.63) is 34.9 Å². The van der Waals surface area contributed by atoms with Crippen LogP contribution in [0.5, 0.6) is 0 Å². The van der Waals surface area contributed by atoms with Gasteiger partial charge in [-0.2, -0.15) is 0 Å². The Morgan fingerprint density at radius 2 is 1.72 bits per heavy atom. The van der Waals surface area contributed by atoms with Gasteiger partial charge in [0.2, 0.25) is 5.91 Å². The van der Waals surface area contributed by atoms with E-state index in [1.165, 1.54) is 11.1 Å². The standard InChI is InChI=1S/C22H31N3O4/c1-2-29-22(28)16-24-11-13-25(14-12-24)21(27)6-5-20(26)19-4-3-17-7-9-23-10-8-18(17)15-19/h3-4,15,23H,2,5-14,16H2,1H3. The number of carbonyl (C=O) groups is 3. The summed E-state index contributed by atoms with van der Waals surface area (Å²) in [5.41, 5.74) is 3.26. The predicted octanol–water partition coefficient (Wildman–Crippen LogP) is 1.04. The molecule has 2 heterocycles. The van der Waals surface area contributed by atoms with Crippen molar-refractivity contribution in [3.8, 4) is 0 Å². The molecule has 2 aliphatic heterocycles. The number of benzene rings is 1. The summed E-state index contributed by atoms with van der Waals surface area (Å²) in [4.78, 5) is 40.4. The van der Waals surface area contributed by atoms with Gasteiger partial charge in [0.1, 0.15) is 0 Å². The Hall–Kier alpha value is -2.25. The summed E-state index contributed by atoms with van der Waals surface area (Å²) in [6.07, 6.45) is 2.39. The molecule has 158 valence electrons. The SMILES string of the molecule is CCOC(=O)CN1CCN(C(=O)CCC(=O)c2ccc3c(c2)CCNCC3)CC1. The molecule has 0 radical (unpaired) electrons. The van der Waals surface area contributed by atoms with E-state index in [9.17, 15) is 14.4 Å². The van der Waals surface area contributed by atoms with Crippen LogP contribution in [0.1, 0.15) is 41.3 Å². The lowest BCUT2D eigenvalue weighted by molar-refractivity contribution is -0.145. The molecule has 29 heavy (non-hydrogen) atoms. The van der Waals surface area contributed by atoms with Crippen LogP contribution in [0.25, 0.3) is 0 Å². The summed E-state index contributed by atoms with van der Waals surface area (Å²) >= 11 is 0. The molecule has 0 aliphatic carbocycles. The lowest BCUT2D eigenvalue weighted by atomic mass is 9.97. The molecule has 7 heteroatoms. The number of nitrogens with one attached hydrogen (secondary N) is 1. The van der Waals surface area contributed by atoms with E-state index in [2.05, 4.69) is 11.4 Å². The Morgan fingerprint density at radius 1 is 1.00 bits per heavy atom. The van der Waals surface area contributed by atoms with E-state index >= 15 is 0 Å². The molecule has 1 amide bonds. The quantitative estimate of drug-likeness (QED) is 0.543. The van der Waals surface area contributed by atoms with E-state index in [0.29, 0.717) is 38.3 Å². The van der Waals surface area contributed by atoms with Crippen LogP contribution in [0.3, 0.4) is 0 Å². The largest absolute Gasteiger partial charge is 0.465 e. The molecular formula is C22H31N3O4. The van der Waals surface area contributed by atoms with Crippen LogP contribution in [-0.4, -0.2) is 79.9 Å². The fourth-order valence-corrected chi connectivity index (χ4v) is 3.91. The maximum atomic E-state index is 12.6. The number of esters is 1. The molecule has 3 rings (SSSR count). The van der Waals surface area contributed by atoms with Crippen LogP contribution in [0.15, 0.2) is 18.2 Å². The lowest BCUT2D eigenvalue weighted by Gasteiger charge is -2.34. The fourth-order valence-electron chi connectivity index (χ4n) is 3.91. The Labute approximate surface area is 172 Å². The van der Waals surface area contributed by atoms with Crippen LogP contribution in [-0.2, 0) is 27.2 Å². The fraction of sp³-hybridized carbons (Fsp3) is 0.591. The van der Waals surface area contributed by atoms with Crippen LogP contribution in [0, 0.1) is 0 Å². The minimum Gasteiger partial charge on any atom is -0.465 e.